The van der Waals surface area contributed by atoms with E-state index in [0.29, 0.717) is 19.3 Å². The standard InChI is InChI=1S/C55H94O6/c1-4-7-10-13-16-19-21-23-24-25-26-27-28-29-30-32-33-36-39-42-45-48-54(57)60-51-52(50-59-53(56)47-44-41-38-35-18-15-12-9-6-3)61-55(58)49-46-43-40-37-34-31-22-20-17-14-11-8-5-2/h7,10-11,14,16,19-20,22-24,26-27,52H,4-6,8-9,12-13,15,17-18,21,25,28-51H2,1-3H3/b10-7-,14-11-,19-16-,22-20-,24-23-,27-26-. The molecular formula is C55H94O6. The number of unbranched alkanes of at least 4 members (excludes halogenated alkanes) is 22. The first kappa shape index (κ1) is 57.9. The van der Waals surface area contributed by atoms with Crippen LogP contribution in [-0.2, 0) is 28.6 Å². The Morgan fingerprint density at radius 1 is 0.344 bits per heavy atom. The van der Waals surface area contributed by atoms with Gasteiger partial charge in [0.1, 0.15) is 13.2 Å². The highest BCUT2D eigenvalue weighted by molar-refractivity contribution is 5.71. The summed E-state index contributed by atoms with van der Waals surface area (Å²) in [4.78, 5) is 37.8. The Morgan fingerprint density at radius 3 is 1.07 bits per heavy atom. The van der Waals surface area contributed by atoms with Crippen molar-refractivity contribution in [3.63, 3.8) is 0 Å². The van der Waals surface area contributed by atoms with Gasteiger partial charge in [0.25, 0.3) is 0 Å². The monoisotopic (exact) mass is 851 g/mol. The number of carbonyl (C=O) groups excluding carboxylic acids is 3. The van der Waals surface area contributed by atoms with E-state index in [-0.39, 0.29) is 31.1 Å². The molecule has 0 aliphatic carbocycles. The fraction of sp³-hybridized carbons (Fsp3) is 0.727. The lowest BCUT2D eigenvalue weighted by Gasteiger charge is -2.18. The Morgan fingerprint density at radius 2 is 0.672 bits per heavy atom. The van der Waals surface area contributed by atoms with Gasteiger partial charge in [-0.05, 0) is 83.5 Å². The number of hydrogen-bond donors (Lipinski definition) is 0. The summed E-state index contributed by atoms with van der Waals surface area (Å²) in [5.41, 5.74) is 0. The topological polar surface area (TPSA) is 78.9 Å². The van der Waals surface area contributed by atoms with Crippen molar-refractivity contribution in [3.05, 3.63) is 72.9 Å². The highest BCUT2D eigenvalue weighted by Crippen LogP contribution is 2.14. The van der Waals surface area contributed by atoms with E-state index in [4.69, 9.17) is 14.2 Å². The second kappa shape index (κ2) is 49.5. The van der Waals surface area contributed by atoms with E-state index in [0.717, 1.165) is 122 Å². The quantitative estimate of drug-likeness (QED) is 0.0263. The molecule has 0 aliphatic heterocycles. The van der Waals surface area contributed by atoms with Gasteiger partial charge in [-0.1, -0.05) is 209 Å². The summed E-state index contributed by atoms with van der Waals surface area (Å²) in [5, 5.41) is 0. The predicted molar refractivity (Wildman–Crippen MR) is 261 cm³/mol. The van der Waals surface area contributed by atoms with Crippen molar-refractivity contribution in [1.29, 1.82) is 0 Å². The van der Waals surface area contributed by atoms with Gasteiger partial charge in [0.05, 0.1) is 0 Å². The van der Waals surface area contributed by atoms with Gasteiger partial charge >= 0.3 is 17.9 Å². The zero-order valence-corrected chi connectivity index (χ0v) is 39.9. The van der Waals surface area contributed by atoms with Crippen LogP contribution >= 0.6 is 0 Å². The summed E-state index contributed by atoms with van der Waals surface area (Å²) < 4.78 is 16.7. The van der Waals surface area contributed by atoms with Gasteiger partial charge in [0.2, 0.25) is 0 Å². The van der Waals surface area contributed by atoms with E-state index in [2.05, 4.69) is 93.7 Å². The number of allylic oxidation sites excluding steroid dienone is 12. The van der Waals surface area contributed by atoms with Crippen molar-refractivity contribution in [2.45, 2.75) is 245 Å². The summed E-state index contributed by atoms with van der Waals surface area (Å²) >= 11 is 0. The van der Waals surface area contributed by atoms with Crippen LogP contribution in [0, 0.1) is 0 Å². The lowest BCUT2D eigenvalue weighted by molar-refractivity contribution is -0.167. The number of hydrogen-bond acceptors (Lipinski definition) is 6. The SMILES string of the molecule is CC/C=C\C/C=C\C/C=C\C/C=C\CCCCCCCCCCC(=O)OCC(COC(=O)CCCCCCCCCCC)OC(=O)CCCCCCC/C=C\C/C=C\CCC. The minimum atomic E-state index is -0.782. The van der Waals surface area contributed by atoms with Crippen LogP contribution in [-0.4, -0.2) is 37.2 Å². The fourth-order valence-electron chi connectivity index (χ4n) is 6.88. The van der Waals surface area contributed by atoms with Crippen molar-refractivity contribution in [3.8, 4) is 0 Å². The van der Waals surface area contributed by atoms with E-state index < -0.39 is 6.10 Å². The van der Waals surface area contributed by atoms with E-state index in [1.54, 1.807) is 0 Å². The molecule has 6 nitrogen and oxygen atoms in total. The molecule has 0 saturated heterocycles. The van der Waals surface area contributed by atoms with Crippen molar-refractivity contribution in [2.24, 2.45) is 0 Å². The Hall–Kier alpha value is -3.15. The third kappa shape index (κ3) is 47.7. The lowest BCUT2D eigenvalue weighted by atomic mass is 10.1. The molecule has 0 heterocycles. The summed E-state index contributed by atoms with van der Waals surface area (Å²) in [7, 11) is 0. The second-order valence-electron chi connectivity index (χ2n) is 16.7. The molecule has 0 amide bonds. The lowest BCUT2D eigenvalue weighted by Crippen LogP contribution is -2.30. The zero-order valence-electron chi connectivity index (χ0n) is 39.9. The average Bonchev–Trinajstić information content (AvgIpc) is 3.26. The molecule has 0 aliphatic rings. The fourth-order valence-corrected chi connectivity index (χ4v) is 6.88. The molecule has 0 spiro atoms. The average molecular weight is 851 g/mol. The third-order valence-electron chi connectivity index (χ3n) is 10.7. The summed E-state index contributed by atoms with van der Waals surface area (Å²) in [6, 6.07) is 0. The first-order valence-electron chi connectivity index (χ1n) is 25.4. The van der Waals surface area contributed by atoms with Crippen LogP contribution in [0.3, 0.4) is 0 Å². The van der Waals surface area contributed by atoms with E-state index in [1.165, 1.54) is 77.0 Å². The molecule has 0 rings (SSSR count). The minimum Gasteiger partial charge on any atom is -0.462 e. The summed E-state index contributed by atoms with van der Waals surface area (Å²) in [6.07, 6.45) is 61.7. The summed E-state index contributed by atoms with van der Waals surface area (Å²) in [5.74, 6) is -0.908. The Kier molecular flexibility index (Phi) is 46.9. The van der Waals surface area contributed by atoms with E-state index in [9.17, 15) is 14.4 Å². The molecule has 61 heavy (non-hydrogen) atoms. The molecule has 0 aromatic heterocycles. The molecule has 0 radical (unpaired) electrons. The normalized spacial score (nSPS) is 12.6. The number of esters is 3. The second-order valence-corrected chi connectivity index (χ2v) is 16.7. The molecule has 0 fully saturated rings. The molecular weight excluding hydrogens is 757 g/mol. The zero-order chi connectivity index (χ0) is 44.4. The smallest absolute Gasteiger partial charge is 0.306 e. The van der Waals surface area contributed by atoms with Gasteiger partial charge < -0.3 is 14.2 Å². The first-order chi connectivity index (χ1) is 30.0. The van der Waals surface area contributed by atoms with Crippen LogP contribution in [0.15, 0.2) is 72.9 Å². The van der Waals surface area contributed by atoms with Crippen LogP contribution in [0.5, 0.6) is 0 Å². The molecule has 0 saturated carbocycles. The third-order valence-corrected chi connectivity index (χ3v) is 10.7. The van der Waals surface area contributed by atoms with Gasteiger partial charge in [-0.15, -0.1) is 0 Å². The van der Waals surface area contributed by atoms with Crippen molar-refractivity contribution < 1.29 is 28.6 Å². The van der Waals surface area contributed by atoms with Gasteiger partial charge in [-0.25, -0.2) is 0 Å². The Bertz CT molecular complexity index is 1160. The number of carbonyl (C=O) groups is 3. The Labute approximate surface area is 376 Å². The molecule has 0 bridgehead atoms. The maximum absolute atomic E-state index is 12.7. The van der Waals surface area contributed by atoms with Crippen molar-refractivity contribution in [1.82, 2.24) is 0 Å². The first-order valence-corrected chi connectivity index (χ1v) is 25.4. The number of rotatable bonds is 45. The predicted octanol–water partition coefficient (Wildman–Crippen LogP) is 16.6. The van der Waals surface area contributed by atoms with E-state index >= 15 is 0 Å². The largest absolute Gasteiger partial charge is 0.462 e. The molecule has 350 valence electrons. The maximum atomic E-state index is 12.7. The Balaban J connectivity index is 4.31. The number of ether oxygens (including phenoxy) is 3. The van der Waals surface area contributed by atoms with Crippen LogP contribution < -0.4 is 0 Å². The van der Waals surface area contributed by atoms with Crippen LogP contribution in [0.25, 0.3) is 0 Å². The van der Waals surface area contributed by atoms with E-state index in [1.807, 2.05) is 0 Å². The highest BCUT2D eigenvalue weighted by Gasteiger charge is 2.19. The molecule has 1 atom stereocenters. The van der Waals surface area contributed by atoms with Gasteiger partial charge in [-0.2, -0.15) is 0 Å². The van der Waals surface area contributed by atoms with Crippen molar-refractivity contribution >= 4 is 17.9 Å². The van der Waals surface area contributed by atoms with Gasteiger partial charge in [0.15, 0.2) is 6.10 Å². The van der Waals surface area contributed by atoms with Crippen LogP contribution in [0.4, 0.5) is 0 Å². The van der Waals surface area contributed by atoms with Gasteiger partial charge in [0, 0.05) is 19.3 Å². The van der Waals surface area contributed by atoms with Crippen LogP contribution in [0.2, 0.25) is 0 Å². The molecule has 0 aromatic carbocycles. The summed E-state index contributed by atoms with van der Waals surface area (Å²) in [6.45, 7) is 6.42. The van der Waals surface area contributed by atoms with Gasteiger partial charge in [-0.3, -0.25) is 14.4 Å². The molecule has 6 heteroatoms. The minimum absolute atomic E-state index is 0.0827. The van der Waals surface area contributed by atoms with Crippen molar-refractivity contribution in [2.75, 3.05) is 13.2 Å². The van der Waals surface area contributed by atoms with Crippen LogP contribution in [0.1, 0.15) is 239 Å². The highest BCUT2D eigenvalue weighted by atomic mass is 16.6. The molecule has 0 aromatic rings. The molecule has 0 N–H and O–H groups in total. The molecule has 1 unspecified atom stereocenters. The maximum Gasteiger partial charge on any atom is 0.306 e.